The van der Waals surface area contributed by atoms with Crippen LogP contribution < -0.4 is 4.90 Å². The van der Waals surface area contributed by atoms with Crippen LogP contribution in [0.4, 0.5) is 5.13 Å². The third-order valence-electron chi connectivity index (χ3n) is 2.02. The molecule has 2 heterocycles. The number of anilines is 1. The van der Waals surface area contributed by atoms with Gasteiger partial charge in [0.25, 0.3) is 0 Å². The van der Waals surface area contributed by atoms with E-state index in [9.17, 15) is 0 Å². The summed E-state index contributed by atoms with van der Waals surface area (Å²) in [5.74, 6) is 0. The largest absolute Gasteiger partial charge is 0.347 e. The average Bonchev–Trinajstić information content (AvgIpc) is 2.54. The first-order chi connectivity index (χ1) is 5.86. The third kappa shape index (κ3) is 1.69. The van der Waals surface area contributed by atoms with Gasteiger partial charge < -0.3 is 4.90 Å². The maximum Gasteiger partial charge on any atom is 0.236 e. The molecule has 1 fully saturated rings. The van der Waals surface area contributed by atoms with E-state index in [-0.39, 0.29) is 0 Å². The molecule has 0 N–H and O–H groups in total. The number of aromatic nitrogens is 2. The molecule has 0 bridgehead atoms. The zero-order valence-electron chi connectivity index (χ0n) is 6.66. The van der Waals surface area contributed by atoms with Gasteiger partial charge in [0, 0.05) is 24.6 Å². The van der Waals surface area contributed by atoms with Gasteiger partial charge in [0.15, 0.2) is 0 Å². The van der Waals surface area contributed by atoms with E-state index in [1.165, 1.54) is 30.8 Å². The summed E-state index contributed by atoms with van der Waals surface area (Å²) in [5, 5.41) is 1.35. The lowest BCUT2D eigenvalue weighted by Gasteiger charge is -2.25. The van der Waals surface area contributed by atoms with Crippen molar-refractivity contribution in [1.82, 2.24) is 9.36 Å². The number of hydrogen-bond donors (Lipinski definition) is 0. The van der Waals surface area contributed by atoms with Crippen molar-refractivity contribution in [3.05, 3.63) is 5.28 Å². The number of halogens is 1. The molecule has 1 aliphatic rings. The zero-order chi connectivity index (χ0) is 8.39. The van der Waals surface area contributed by atoms with Gasteiger partial charge in [-0.1, -0.05) is 0 Å². The van der Waals surface area contributed by atoms with E-state index in [4.69, 9.17) is 11.6 Å². The van der Waals surface area contributed by atoms with E-state index >= 15 is 0 Å². The Labute approximate surface area is 80.5 Å². The van der Waals surface area contributed by atoms with Crippen LogP contribution in [0.25, 0.3) is 0 Å². The minimum absolute atomic E-state index is 0.376. The van der Waals surface area contributed by atoms with Crippen LogP contribution in [0.1, 0.15) is 19.3 Å². The van der Waals surface area contributed by atoms with Crippen molar-refractivity contribution in [3.63, 3.8) is 0 Å². The summed E-state index contributed by atoms with van der Waals surface area (Å²) in [6, 6.07) is 0. The molecule has 0 atom stereocenters. The van der Waals surface area contributed by atoms with Crippen LogP contribution in [-0.4, -0.2) is 22.4 Å². The lowest BCUT2D eigenvalue weighted by Crippen LogP contribution is -2.29. The van der Waals surface area contributed by atoms with Gasteiger partial charge in [-0.25, -0.2) is 0 Å². The highest BCUT2D eigenvalue weighted by Gasteiger charge is 2.14. The molecule has 0 spiro atoms. The Balaban J connectivity index is 2.08. The zero-order valence-corrected chi connectivity index (χ0v) is 8.24. The summed E-state index contributed by atoms with van der Waals surface area (Å²) in [4.78, 5) is 6.39. The Hall–Kier alpha value is -0.350. The molecule has 0 aromatic carbocycles. The van der Waals surface area contributed by atoms with Crippen LogP contribution in [0.3, 0.4) is 0 Å². The van der Waals surface area contributed by atoms with Crippen LogP contribution in [0, 0.1) is 0 Å². The number of hydrogen-bond acceptors (Lipinski definition) is 4. The quantitative estimate of drug-likeness (QED) is 0.701. The molecule has 0 unspecified atom stereocenters. The van der Waals surface area contributed by atoms with Crippen molar-refractivity contribution in [2.24, 2.45) is 0 Å². The van der Waals surface area contributed by atoms with Gasteiger partial charge in [0.1, 0.15) is 0 Å². The maximum absolute atomic E-state index is 5.64. The Bertz CT molecular complexity index is 257. The molecular formula is C7H10ClN3S. The molecule has 12 heavy (non-hydrogen) atoms. The van der Waals surface area contributed by atoms with Gasteiger partial charge in [-0.2, -0.15) is 9.36 Å². The highest BCUT2D eigenvalue weighted by atomic mass is 35.5. The first-order valence-electron chi connectivity index (χ1n) is 4.10. The molecule has 0 amide bonds. The Morgan fingerprint density at radius 2 is 2.00 bits per heavy atom. The van der Waals surface area contributed by atoms with Gasteiger partial charge in [0.2, 0.25) is 10.4 Å². The van der Waals surface area contributed by atoms with E-state index in [0.717, 1.165) is 18.2 Å². The Kier molecular flexibility index (Phi) is 2.46. The molecule has 0 radical (unpaired) electrons. The average molecular weight is 204 g/mol. The molecule has 66 valence electrons. The van der Waals surface area contributed by atoms with Crippen LogP contribution in [0.5, 0.6) is 0 Å². The molecule has 1 aromatic heterocycles. The Morgan fingerprint density at radius 3 is 2.58 bits per heavy atom. The molecule has 5 heteroatoms. The molecule has 0 saturated carbocycles. The Morgan fingerprint density at radius 1 is 1.25 bits per heavy atom. The smallest absolute Gasteiger partial charge is 0.236 e. The van der Waals surface area contributed by atoms with E-state index in [0.29, 0.717) is 5.28 Å². The molecular weight excluding hydrogens is 194 g/mol. The number of rotatable bonds is 1. The molecule has 0 aliphatic carbocycles. The van der Waals surface area contributed by atoms with Crippen LogP contribution in [-0.2, 0) is 0 Å². The second-order valence-electron chi connectivity index (χ2n) is 2.89. The monoisotopic (exact) mass is 203 g/mol. The van der Waals surface area contributed by atoms with Crippen molar-refractivity contribution in [2.45, 2.75) is 19.3 Å². The lowest BCUT2D eigenvalue weighted by molar-refractivity contribution is 0.577. The van der Waals surface area contributed by atoms with Gasteiger partial charge in [-0.15, -0.1) is 0 Å². The third-order valence-corrected chi connectivity index (χ3v) is 3.06. The van der Waals surface area contributed by atoms with Gasteiger partial charge in [0.05, 0.1) is 0 Å². The van der Waals surface area contributed by atoms with Crippen molar-refractivity contribution < 1.29 is 0 Å². The minimum Gasteiger partial charge on any atom is -0.347 e. The van der Waals surface area contributed by atoms with E-state index in [1.54, 1.807) is 0 Å². The van der Waals surface area contributed by atoms with E-state index in [1.807, 2.05) is 0 Å². The number of piperidine rings is 1. The van der Waals surface area contributed by atoms with E-state index in [2.05, 4.69) is 14.3 Å². The second-order valence-corrected chi connectivity index (χ2v) is 3.96. The van der Waals surface area contributed by atoms with Crippen LogP contribution in [0.2, 0.25) is 5.28 Å². The first-order valence-corrected chi connectivity index (χ1v) is 5.25. The van der Waals surface area contributed by atoms with Crippen molar-refractivity contribution in [3.8, 4) is 0 Å². The predicted molar refractivity (Wildman–Crippen MR) is 51.0 cm³/mol. The van der Waals surface area contributed by atoms with Crippen LogP contribution in [0.15, 0.2) is 0 Å². The summed E-state index contributed by atoms with van der Waals surface area (Å²) < 4.78 is 3.95. The minimum atomic E-state index is 0.376. The molecule has 2 rings (SSSR count). The normalized spacial score (nSPS) is 18.2. The predicted octanol–water partition coefficient (Wildman–Crippen LogP) is 2.18. The van der Waals surface area contributed by atoms with E-state index < -0.39 is 0 Å². The molecule has 1 aliphatic heterocycles. The second kappa shape index (κ2) is 3.58. The summed E-state index contributed by atoms with van der Waals surface area (Å²) in [7, 11) is 0. The van der Waals surface area contributed by atoms with Crippen molar-refractivity contribution >= 4 is 28.3 Å². The van der Waals surface area contributed by atoms with Gasteiger partial charge in [-0.3, -0.25) is 0 Å². The summed E-state index contributed by atoms with van der Waals surface area (Å²) in [5.41, 5.74) is 0. The summed E-state index contributed by atoms with van der Waals surface area (Å²) >= 11 is 7.03. The van der Waals surface area contributed by atoms with Crippen molar-refractivity contribution in [2.75, 3.05) is 18.0 Å². The lowest BCUT2D eigenvalue weighted by atomic mass is 10.1. The SMILES string of the molecule is Clc1nsc(N2CCCCC2)n1. The fourth-order valence-electron chi connectivity index (χ4n) is 1.41. The molecule has 1 saturated heterocycles. The highest BCUT2D eigenvalue weighted by molar-refractivity contribution is 7.10. The van der Waals surface area contributed by atoms with Crippen LogP contribution >= 0.6 is 23.1 Å². The highest BCUT2D eigenvalue weighted by Crippen LogP contribution is 2.22. The summed E-state index contributed by atoms with van der Waals surface area (Å²) in [6.07, 6.45) is 3.86. The first kappa shape index (κ1) is 8.26. The van der Waals surface area contributed by atoms with Crippen molar-refractivity contribution in [1.29, 1.82) is 0 Å². The fourth-order valence-corrected chi connectivity index (χ4v) is 2.27. The van der Waals surface area contributed by atoms with Gasteiger partial charge in [-0.05, 0) is 30.9 Å². The molecule has 3 nitrogen and oxygen atoms in total. The maximum atomic E-state index is 5.64. The molecule has 1 aromatic rings. The topological polar surface area (TPSA) is 29.0 Å². The standard InChI is InChI=1S/C7H10ClN3S/c8-6-9-7(12-10-6)11-4-2-1-3-5-11/h1-5H2. The number of nitrogens with zero attached hydrogens (tertiary/aromatic N) is 3. The summed E-state index contributed by atoms with van der Waals surface area (Å²) in [6.45, 7) is 2.21. The fraction of sp³-hybridized carbons (Fsp3) is 0.714. The van der Waals surface area contributed by atoms with Gasteiger partial charge >= 0.3 is 0 Å².